The van der Waals surface area contributed by atoms with Gasteiger partial charge in [0.15, 0.2) is 0 Å². The van der Waals surface area contributed by atoms with Crippen LogP contribution in [0.5, 0.6) is 0 Å². The van der Waals surface area contributed by atoms with E-state index in [9.17, 15) is 4.79 Å². The molecule has 111 heavy (non-hydrogen) atoms. The second kappa shape index (κ2) is 85.2. The number of rotatable bonds is 20. The van der Waals surface area contributed by atoms with E-state index in [1.807, 2.05) is 6.66 Å². The summed E-state index contributed by atoms with van der Waals surface area (Å²) in [6.07, 6.45) is 3.24. The molecule has 8 aromatic rings. The van der Waals surface area contributed by atoms with Gasteiger partial charge in [-0.25, -0.2) is 4.79 Å². The van der Waals surface area contributed by atoms with E-state index < -0.39 is 43.9 Å². The predicted molar refractivity (Wildman–Crippen MR) is 483 cm³/mol. The molecule has 2 aliphatic rings. The molecule has 7 aromatic carbocycles. The van der Waals surface area contributed by atoms with Gasteiger partial charge in [0.05, 0.1) is 111 Å². The van der Waals surface area contributed by atoms with Crippen LogP contribution in [0.25, 0.3) is 0 Å². The number of halogens is 2. The average Bonchev–Trinajstić information content (AvgIpc) is 1.83. The molecular weight excluding hydrogens is 1820 g/mol. The Morgan fingerprint density at radius 2 is 0.811 bits per heavy atom. The van der Waals surface area contributed by atoms with E-state index >= 15 is 0 Å². The number of cyclic esters (lactones) is 2. The number of benzene rings is 7. The summed E-state index contributed by atoms with van der Waals surface area (Å²) in [4.78, 5) is 56.9. The number of epoxide rings is 1. The van der Waals surface area contributed by atoms with Crippen molar-refractivity contribution in [1.82, 2.24) is 15.2 Å². The van der Waals surface area contributed by atoms with Crippen molar-refractivity contribution in [2.45, 2.75) is 125 Å². The minimum absolute atomic E-state index is 0. The number of hydrogen-bond acceptors (Lipinski definition) is 16. The second-order valence-corrected chi connectivity index (χ2v) is 36.1. The van der Waals surface area contributed by atoms with Crippen LogP contribution in [0.4, 0.5) is 4.79 Å². The van der Waals surface area contributed by atoms with E-state index in [4.69, 9.17) is 53.6 Å². The molecule has 4 unspecified atom stereocenters. The number of pyridine rings is 1. The Kier molecular flexibility index (Phi) is 95.9. The Balaban J connectivity index is -0.000000165. The molecule has 0 bridgehead atoms. The standard InChI is InChI=1S/C28H29NP2.C19H35N2P.C18H15P.C4H6O3.C3H8O2.C3H6O.CO2.CH4O.3CHO.CH5P.CH4.2CH3.2ClH.HOP.3Ru.4H/c1-5-13-25(14-6-1)30(26-15-7-2-8-16-26)23-21-29-22-24-31(27-17-9-3-10-18-27)28-19-11-4-12-20-28;1-9-21(10-2)14-16-12-11-13-17(20-16)15-22(18(3,4)5)19(6,7)8;1-4-10-16(11-5-1)19(17-12-6-2-7-13-17)18-14-8-3-9-15-18;1-3-2-6-4(5)7-3;1-3(5)2-4;1-3-2-4-3;2-1-3;5*1-2;;;;;;1-2;;;;;;;/h1-20,29H,21-24H2;11-13H,9-10,14-15H2,1-8H3;1-15H;3H,2H2,1H3;3-5H,2H2,1H3;3H,2H2,1H3;;2H,1H3;3*1H;2H2,1H3;1H4;2*1H3;2*1H;2H;;;;;;;/q;;;;;;;;3*-1;;;2*-1;;;;;2*+3;;;;/p+2. The quantitative estimate of drug-likeness (QED) is 0.0105. The fourth-order valence-electron chi connectivity index (χ4n) is 10.1. The van der Waals surface area contributed by atoms with Crippen molar-refractivity contribution in [3.8, 4) is 0 Å². The van der Waals surface area contributed by atoms with Gasteiger partial charge in [0.2, 0.25) is 0 Å². The van der Waals surface area contributed by atoms with Crippen LogP contribution >= 0.6 is 69.4 Å². The molecule has 1 aromatic heterocycles. The van der Waals surface area contributed by atoms with Crippen LogP contribution in [0.2, 0.25) is 0 Å². The summed E-state index contributed by atoms with van der Waals surface area (Å²) in [5, 5.41) is 37.9. The van der Waals surface area contributed by atoms with Gasteiger partial charge in [-0.05, 0) is 172 Å². The zero-order valence-corrected chi connectivity index (χ0v) is 79.9. The number of aromatic nitrogens is 1. The zero-order chi connectivity index (χ0) is 82.3. The maximum absolute atomic E-state index is 10.0. The summed E-state index contributed by atoms with van der Waals surface area (Å²) in [6.45, 7) is 42.4. The third-order valence-corrected chi connectivity index (χ3v) is 27.3. The molecule has 2 aliphatic heterocycles. The molecule has 4 N–H and O–H groups in total. The normalized spacial score (nSPS) is 11.9. The van der Waals surface area contributed by atoms with E-state index in [1.165, 1.54) is 67.8 Å². The van der Waals surface area contributed by atoms with Crippen LogP contribution in [0, 0.1) is 14.9 Å². The molecule has 624 valence electrons. The average molecular weight is 1950 g/mol. The summed E-state index contributed by atoms with van der Waals surface area (Å²) < 4.78 is 21.7. The van der Waals surface area contributed by atoms with E-state index in [0.717, 1.165) is 52.6 Å². The van der Waals surface area contributed by atoms with E-state index in [-0.39, 0.29) is 60.6 Å². The summed E-state index contributed by atoms with van der Waals surface area (Å²) in [5.74, 6) is 0. The molecule has 0 radical (unpaired) electrons. The van der Waals surface area contributed by atoms with Crippen LogP contribution in [0.1, 0.15) is 95.0 Å². The molecule has 4 atom stereocenters. The maximum atomic E-state index is 10.0. The number of aliphatic hydroxyl groups is 3. The van der Waals surface area contributed by atoms with Crippen LogP contribution < -0.4 is 42.4 Å². The first-order chi connectivity index (χ1) is 51.8. The van der Waals surface area contributed by atoms with E-state index in [0.29, 0.717) is 23.0 Å². The van der Waals surface area contributed by atoms with Crippen molar-refractivity contribution in [2.75, 3.05) is 72.1 Å². The van der Waals surface area contributed by atoms with Gasteiger partial charge in [-0.1, -0.05) is 161 Å². The Labute approximate surface area is 719 Å². The predicted octanol–water partition coefficient (Wildman–Crippen LogP) is 14.0. The summed E-state index contributed by atoms with van der Waals surface area (Å²) in [6, 6.07) is 83.3. The number of nitrogens with zero attached hydrogens (tertiary/aromatic N) is 2. The van der Waals surface area contributed by atoms with Gasteiger partial charge >= 0.3 is 85.8 Å². The molecule has 0 amide bonds. The molecule has 27 heteroatoms. The van der Waals surface area contributed by atoms with Crippen LogP contribution in [0.15, 0.2) is 231 Å². The molecule has 2 fully saturated rings. The van der Waals surface area contributed by atoms with Crippen molar-refractivity contribution in [3.63, 3.8) is 0 Å². The first kappa shape index (κ1) is 125. The topological polar surface area (TPSA) is 239 Å². The molecule has 0 aliphatic carbocycles. The molecule has 0 spiro atoms. The van der Waals surface area contributed by atoms with Gasteiger partial charge in [-0.2, -0.15) is 9.59 Å². The van der Waals surface area contributed by atoms with E-state index in [1.54, 1.807) is 50.7 Å². The number of ether oxygens (including phenoxy) is 3. The Morgan fingerprint density at radius 3 is 1.01 bits per heavy atom. The smallest absolute Gasteiger partial charge is 0.102 e. The van der Waals surface area contributed by atoms with Crippen molar-refractivity contribution < 1.29 is 117 Å². The SMILES string of the molecule is C.CC(O)CO.CC1CO1.CC1COC(=O)O1.CCN(CC)Cc1cccc(C[PH+](C(C)(C)C)C(C)(C)C)n1.CO.CP.O=C=O.O=P.[CH-]=O.[CH-]=O.[CH-]=O.[CH3-].[CH3-].[Cl][RuH+2].[Cl][RuH+2].[RuH2].c1ccc([PH+](CCNCC[PH+](c2ccccc2)c2ccccc2)c2ccccc2)cc1.c1ccc([PH+](c2ccccc2)c2ccccc2)cc1. The van der Waals surface area contributed by atoms with Gasteiger partial charge in [0.1, 0.15) is 37.7 Å². The fraction of sp³-hybridized carbons (Fsp3) is 0.357. The monoisotopic (exact) mass is 1950 g/mol. The minimum atomic E-state index is -0.877. The van der Waals surface area contributed by atoms with Crippen molar-refractivity contribution in [3.05, 3.63) is 257 Å². The Morgan fingerprint density at radius 1 is 0.559 bits per heavy atom. The number of carbonyl (C=O) groups excluding carboxylic acids is 6. The minimum Gasteiger partial charge on any atom is -0.310 e. The summed E-state index contributed by atoms with van der Waals surface area (Å²) in [7, 11) is 11.4. The molecule has 16 nitrogen and oxygen atoms in total. The first-order valence-corrected chi connectivity index (χ1v) is 46.9. The fourth-order valence-corrected chi connectivity index (χ4v) is 21.6. The second-order valence-electron chi connectivity index (χ2n) is 24.1. The van der Waals surface area contributed by atoms with Crippen LogP contribution in [0.3, 0.4) is 0 Å². The Bertz CT molecular complexity index is 3030. The van der Waals surface area contributed by atoms with Gasteiger partial charge < -0.3 is 64.1 Å². The number of aliphatic hydroxyl groups excluding tert-OH is 3. The summed E-state index contributed by atoms with van der Waals surface area (Å²) >= 11 is 3.24. The van der Waals surface area contributed by atoms with E-state index in [2.05, 4.69) is 362 Å². The van der Waals surface area contributed by atoms with Crippen molar-refractivity contribution in [2.24, 2.45) is 0 Å². The number of carbonyl (C=O) groups is 1. The van der Waals surface area contributed by atoms with Crippen LogP contribution in [-0.2, 0) is 110 Å². The van der Waals surface area contributed by atoms with Crippen molar-refractivity contribution in [1.29, 1.82) is 0 Å². The zero-order valence-electron chi connectivity index (χ0n) is 66.5. The first-order valence-electron chi connectivity index (χ1n) is 34.0. The Hall–Kier alpha value is -4.19. The van der Waals surface area contributed by atoms with Gasteiger partial charge in [0, 0.05) is 34.7 Å². The van der Waals surface area contributed by atoms with Gasteiger partial charge in [-0.3, -0.25) is 34.8 Å². The number of hydrogen-bond donors (Lipinski definition) is 4. The third kappa shape index (κ3) is 61.8. The number of nitrogens with one attached hydrogen (secondary N) is 1. The maximum Gasteiger partial charge on any atom is 0.102 e. The molecular formula is C84H130Cl2N3O13P6Ru3+3. The van der Waals surface area contributed by atoms with Crippen molar-refractivity contribution >= 4 is 139 Å². The largest absolute Gasteiger partial charge is 0.310 e. The molecule has 2 saturated heterocycles. The molecule has 0 saturated carbocycles. The van der Waals surface area contributed by atoms with Gasteiger partial charge in [0.25, 0.3) is 0 Å². The molecule has 10 rings (SSSR count). The third-order valence-electron chi connectivity index (χ3n) is 14.6. The molecule has 3 heterocycles. The van der Waals surface area contributed by atoms with Gasteiger partial charge in [-0.15, -0.1) is 9.24 Å². The van der Waals surface area contributed by atoms with Crippen LogP contribution in [-0.4, -0.2) is 159 Å². The summed E-state index contributed by atoms with van der Waals surface area (Å²) in [5.41, 5.74) is 2.49.